The van der Waals surface area contributed by atoms with Crippen LogP contribution in [0.3, 0.4) is 0 Å². The monoisotopic (exact) mass is 361 g/mol. The zero-order valence-electron chi connectivity index (χ0n) is 12.8. The molecule has 0 radical (unpaired) electrons. The first-order valence-electron chi connectivity index (χ1n) is 7.15. The Morgan fingerprint density at radius 2 is 2.12 bits per heavy atom. The van der Waals surface area contributed by atoms with Crippen molar-refractivity contribution < 1.29 is 13.9 Å². The SMILES string of the molecule is COC(=O)C(Sc1nnc(NCc2ccco2)s1)c1ccccc1. The molecule has 1 unspecified atom stereocenters. The molecule has 0 saturated carbocycles. The molecule has 6 nitrogen and oxygen atoms in total. The average molecular weight is 361 g/mol. The molecular formula is C16H15N3O3S2. The molecule has 0 amide bonds. The van der Waals surface area contributed by atoms with Gasteiger partial charge in [-0.15, -0.1) is 10.2 Å². The van der Waals surface area contributed by atoms with Gasteiger partial charge in [0.2, 0.25) is 5.13 Å². The van der Waals surface area contributed by atoms with Gasteiger partial charge in [0.05, 0.1) is 19.9 Å². The van der Waals surface area contributed by atoms with Crippen LogP contribution in [0.25, 0.3) is 0 Å². The summed E-state index contributed by atoms with van der Waals surface area (Å²) in [4.78, 5) is 12.1. The van der Waals surface area contributed by atoms with Gasteiger partial charge < -0.3 is 14.5 Å². The highest BCUT2D eigenvalue weighted by Crippen LogP contribution is 2.38. The number of benzene rings is 1. The summed E-state index contributed by atoms with van der Waals surface area (Å²) in [7, 11) is 1.38. The number of hydrogen-bond donors (Lipinski definition) is 1. The van der Waals surface area contributed by atoms with Gasteiger partial charge in [0.25, 0.3) is 0 Å². The lowest BCUT2D eigenvalue weighted by atomic mass is 10.1. The summed E-state index contributed by atoms with van der Waals surface area (Å²) in [5.41, 5.74) is 0.870. The molecule has 124 valence electrons. The van der Waals surface area contributed by atoms with Crippen molar-refractivity contribution in [3.63, 3.8) is 0 Å². The number of nitrogens with one attached hydrogen (secondary N) is 1. The van der Waals surface area contributed by atoms with Crippen LogP contribution in [0.2, 0.25) is 0 Å². The maximum Gasteiger partial charge on any atom is 0.323 e. The van der Waals surface area contributed by atoms with Gasteiger partial charge in [-0.2, -0.15) is 0 Å². The topological polar surface area (TPSA) is 77.2 Å². The van der Waals surface area contributed by atoms with Gasteiger partial charge in [-0.1, -0.05) is 53.4 Å². The zero-order valence-corrected chi connectivity index (χ0v) is 14.5. The standard InChI is InChI=1S/C16H15N3O3S2/c1-21-14(20)13(11-6-3-2-4-7-11)23-16-19-18-15(24-16)17-10-12-8-5-9-22-12/h2-9,13H,10H2,1H3,(H,17,18). The van der Waals surface area contributed by atoms with Crippen LogP contribution in [0.5, 0.6) is 0 Å². The first kappa shape index (κ1) is 16.5. The number of carbonyl (C=O) groups excluding carboxylic acids is 1. The first-order valence-corrected chi connectivity index (χ1v) is 8.85. The number of hydrogen-bond acceptors (Lipinski definition) is 8. The summed E-state index contributed by atoms with van der Waals surface area (Å²) in [6.45, 7) is 0.533. The number of esters is 1. The first-order chi connectivity index (χ1) is 11.8. The molecule has 0 aliphatic carbocycles. The number of furan rings is 1. The smallest absolute Gasteiger partial charge is 0.323 e. The van der Waals surface area contributed by atoms with E-state index >= 15 is 0 Å². The van der Waals surface area contributed by atoms with Crippen LogP contribution in [0.4, 0.5) is 5.13 Å². The highest BCUT2D eigenvalue weighted by molar-refractivity contribution is 8.01. The maximum absolute atomic E-state index is 12.1. The summed E-state index contributed by atoms with van der Waals surface area (Å²) in [5.74, 6) is 0.502. The molecule has 3 aromatic rings. The number of rotatable bonds is 7. The predicted octanol–water partition coefficient (Wildman–Crippen LogP) is 3.75. The van der Waals surface area contributed by atoms with E-state index in [0.29, 0.717) is 16.0 Å². The summed E-state index contributed by atoms with van der Waals surface area (Å²) in [6, 6.07) is 13.2. The van der Waals surface area contributed by atoms with Gasteiger partial charge in [-0.25, -0.2) is 0 Å². The van der Waals surface area contributed by atoms with E-state index in [1.807, 2.05) is 42.5 Å². The van der Waals surface area contributed by atoms with Crippen molar-refractivity contribution in [1.82, 2.24) is 10.2 Å². The molecule has 0 bridgehead atoms. The Morgan fingerprint density at radius 3 is 2.83 bits per heavy atom. The van der Waals surface area contributed by atoms with E-state index in [1.165, 1.54) is 30.2 Å². The van der Waals surface area contributed by atoms with Crippen LogP contribution >= 0.6 is 23.1 Å². The summed E-state index contributed by atoms with van der Waals surface area (Å²) in [5, 5.41) is 11.6. The van der Waals surface area contributed by atoms with Gasteiger partial charge in [-0.3, -0.25) is 4.79 Å². The van der Waals surface area contributed by atoms with Gasteiger partial charge in [0, 0.05) is 0 Å². The normalized spacial score (nSPS) is 11.9. The van der Waals surface area contributed by atoms with Crippen LogP contribution < -0.4 is 5.32 Å². The molecular weight excluding hydrogens is 346 g/mol. The number of thioether (sulfide) groups is 1. The Bertz CT molecular complexity index is 775. The Balaban J connectivity index is 1.68. The minimum Gasteiger partial charge on any atom is -0.468 e. The van der Waals surface area contributed by atoms with E-state index in [4.69, 9.17) is 9.15 Å². The lowest BCUT2D eigenvalue weighted by Crippen LogP contribution is -2.10. The van der Waals surface area contributed by atoms with Crippen molar-refractivity contribution in [2.75, 3.05) is 12.4 Å². The van der Waals surface area contributed by atoms with Crippen LogP contribution in [-0.4, -0.2) is 23.3 Å². The van der Waals surface area contributed by atoms with E-state index in [0.717, 1.165) is 11.3 Å². The highest BCUT2D eigenvalue weighted by atomic mass is 32.2. The lowest BCUT2D eigenvalue weighted by molar-refractivity contribution is -0.140. The molecule has 2 aromatic heterocycles. The van der Waals surface area contributed by atoms with E-state index in [1.54, 1.807) is 6.26 Å². The second kappa shape index (κ2) is 7.98. The Kier molecular flexibility index (Phi) is 5.50. The van der Waals surface area contributed by atoms with Crippen molar-refractivity contribution in [2.45, 2.75) is 16.1 Å². The number of methoxy groups -OCH3 is 1. The van der Waals surface area contributed by atoms with E-state index in [-0.39, 0.29) is 5.97 Å². The quantitative estimate of drug-likeness (QED) is 0.507. The van der Waals surface area contributed by atoms with Crippen LogP contribution in [0.15, 0.2) is 57.5 Å². The summed E-state index contributed by atoms with van der Waals surface area (Å²) < 4.78 is 10.9. The van der Waals surface area contributed by atoms with Crippen LogP contribution in [0.1, 0.15) is 16.6 Å². The van der Waals surface area contributed by atoms with Crippen molar-refractivity contribution in [2.24, 2.45) is 0 Å². The van der Waals surface area contributed by atoms with Crippen molar-refractivity contribution >= 4 is 34.2 Å². The fraction of sp³-hybridized carbons (Fsp3) is 0.188. The molecule has 1 N–H and O–H groups in total. The average Bonchev–Trinajstić information content (AvgIpc) is 3.29. The molecule has 24 heavy (non-hydrogen) atoms. The third-order valence-electron chi connectivity index (χ3n) is 3.14. The lowest BCUT2D eigenvalue weighted by Gasteiger charge is -2.12. The third-order valence-corrected chi connectivity index (χ3v) is 5.33. The van der Waals surface area contributed by atoms with Crippen molar-refractivity contribution in [3.05, 3.63) is 60.1 Å². The molecule has 8 heteroatoms. The van der Waals surface area contributed by atoms with Gasteiger partial charge >= 0.3 is 5.97 Å². The fourth-order valence-electron chi connectivity index (χ4n) is 1.99. The number of aromatic nitrogens is 2. The van der Waals surface area contributed by atoms with Crippen molar-refractivity contribution in [1.29, 1.82) is 0 Å². The van der Waals surface area contributed by atoms with E-state index in [9.17, 15) is 4.79 Å². The number of carbonyl (C=O) groups is 1. The summed E-state index contributed by atoms with van der Waals surface area (Å²) >= 11 is 2.71. The van der Waals surface area contributed by atoms with E-state index < -0.39 is 5.25 Å². The number of ether oxygens (including phenoxy) is 1. The molecule has 1 aromatic carbocycles. The molecule has 0 fully saturated rings. The van der Waals surface area contributed by atoms with Crippen LogP contribution in [-0.2, 0) is 16.1 Å². The molecule has 3 rings (SSSR count). The molecule has 2 heterocycles. The summed E-state index contributed by atoms with van der Waals surface area (Å²) in [6.07, 6.45) is 1.62. The van der Waals surface area contributed by atoms with E-state index in [2.05, 4.69) is 15.5 Å². The van der Waals surface area contributed by atoms with Crippen molar-refractivity contribution in [3.8, 4) is 0 Å². The van der Waals surface area contributed by atoms with Gasteiger partial charge in [0.15, 0.2) is 4.34 Å². The highest BCUT2D eigenvalue weighted by Gasteiger charge is 2.24. The fourth-order valence-corrected chi connectivity index (χ4v) is 3.96. The third kappa shape index (κ3) is 4.15. The molecule has 0 saturated heterocycles. The Labute approximate surface area is 147 Å². The molecule has 0 aliphatic heterocycles. The number of nitrogens with zero attached hydrogens (tertiary/aromatic N) is 2. The largest absolute Gasteiger partial charge is 0.468 e. The zero-order chi connectivity index (χ0) is 16.8. The second-order valence-corrected chi connectivity index (χ2v) is 7.07. The Morgan fingerprint density at radius 1 is 1.29 bits per heavy atom. The van der Waals surface area contributed by atoms with Gasteiger partial charge in [-0.05, 0) is 17.7 Å². The second-order valence-electron chi connectivity index (χ2n) is 4.74. The molecule has 0 spiro atoms. The number of anilines is 1. The van der Waals surface area contributed by atoms with Crippen LogP contribution in [0, 0.1) is 0 Å². The minimum atomic E-state index is -0.470. The maximum atomic E-state index is 12.1. The van der Waals surface area contributed by atoms with Gasteiger partial charge in [0.1, 0.15) is 11.0 Å². The minimum absolute atomic E-state index is 0.313. The Hall–Kier alpha value is -2.32. The molecule has 0 aliphatic rings. The molecule has 1 atom stereocenters. The predicted molar refractivity (Wildman–Crippen MR) is 93.0 cm³/mol.